The van der Waals surface area contributed by atoms with Gasteiger partial charge in [0.1, 0.15) is 0 Å². The highest BCUT2D eigenvalue weighted by Crippen LogP contribution is 2.41. The van der Waals surface area contributed by atoms with Crippen molar-refractivity contribution in [1.29, 1.82) is 0 Å². The zero-order valence-corrected chi connectivity index (χ0v) is 39.2. The fourth-order valence-electron chi connectivity index (χ4n) is 7.60. The van der Waals surface area contributed by atoms with Gasteiger partial charge in [-0.1, -0.05) is 111 Å². The molecule has 59 heavy (non-hydrogen) atoms. The van der Waals surface area contributed by atoms with Gasteiger partial charge in [-0.05, 0) is 140 Å². The SMILES string of the molecule is CC1=C(/C=C/C(C)=C/C=C/C(C)=C/C(=O)OCCCN(C)CCOCCN(C)CCCOC(=O)/C=C(C)/C=C/C=C(C)/C=C/C2=C(C)CCCC2(C)C)C(C)(C)CCC1. The molecule has 0 saturated carbocycles. The smallest absolute Gasteiger partial charge is 0.331 e. The van der Waals surface area contributed by atoms with Crippen LogP contribution in [0.2, 0.25) is 0 Å². The van der Waals surface area contributed by atoms with Crippen molar-refractivity contribution in [2.45, 2.75) is 121 Å². The van der Waals surface area contributed by atoms with E-state index in [9.17, 15) is 9.59 Å². The first kappa shape index (κ1) is 51.4. The van der Waals surface area contributed by atoms with E-state index in [1.165, 1.54) is 72.0 Å². The number of nitrogens with zero attached hydrogens (tertiary/aromatic N) is 2. The van der Waals surface area contributed by atoms with Gasteiger partial charge in [-0.15, -0.1) is 0 Å². The van der Waals surface area contributed by atoms with Crippen molar-refractivity contribution >= 4 is 11.9 Å². The first-order chi connectivity index (χ1) is 27.9. The van der Waals surface area contributed by atoms with Crippen molar-refractivity contribution < 1.29 is 23.8 Å². The van der Waals surface area contributed by atoms with Crippen LogP contribution in [0.25, 0.3) is 0 Å². The van der Waals surface area contributed by atoms with Crippen LogP contribution >= 0.6 is 0 Å². The number of ether oxygens (including phenoxy) is 3. The highest BCUT2D eigenvalue weighted by Gasteiger charge is 2.27. The first-order valence-corrected chi connectivity index (χ1v) is 22.0. The molecule has 0 aliphatic heterocycles. The quantitative estimate of drug-likeness (QED) is 0.0416. The number of esters is 2. The molecule has 2 rings (SSSR count). The maximum absolute atomic E-state index is 12.3. The Kier molecular flexibility index (Phi) is 23.6. The maximum atomic E-state index is 12.3. The molecule has 0 aromatic rings. The van der Waals surface area contributed by atoms with Gasteiger partial charge in [0.15, 0.2) is 0 Å². The summed E-state index contributed by atoms with van der Waals surface area (Å²) in [7, 11) is 4.10. The van der Waals surface area contributed by atoms with Crippen LogP contribution < -0.4 is 0 Å². The minimum Gasteiger partial charge on any atom is -0.462 e. The van der Waals surface area contributed by atoms with Crippen LogP contribution in [0.15, 0.2) is 117 Å². The third-order valence-corrected chi connectivity index (χ3v) is 11.3. The molecule has 0 aromatic carbocycles. The molecule has 0 bridgehead atoms. The Bertz CT molecular complexity index is 1550. The van der Waals surface area contributed by atoms with Crippen LogP contribution in [-0.2, 0) is 23.8 Å². The summed E-state index contributed by atoms with van der Waals surface area (Å²) in [6, 6.07) is 0. The Labute approximate surface area is 360 Å². The molecule has 0 heterocycles. The highest BCUT2D eigenvalue weighted by atomic mass is 16.5. The summed E-state index contributed by atoms with van der Waals surface area (Å²) in [5.41, 5.74) is 10.4. The monoisotopic (exact) mass is 813 g/mol. The standard InChI is InChI=1S/C52H80N2O5/c1-41(25-27-47-45(5)23-15-29-51(47,7)8)19-13-21-43(3)39-49(55)58-35-17-31-53(11)33-37-57-38-34-54(12)32-18-36-59-50(56)40-44(4)22-14-20-42(2)26-28-48-46(6)24-16-30-52(48,9)10/h13-14,19-22,25-28,39-40H,15-18,23-24,29-38H2,1-12H3/b21-13+,22-14+,27-25+,28-26+,41-19+,42-20+,43-39+,44-40+. The van der Waals surface area contributed by atoms with Gasteiger partial charge < -0.3 is 24.0 Å². The zero-order chi connectivity index (χ0) is 43.8. The van der Waals surface area contributed by atoms with Gasteiger partial charge in [0.05, 0.1) is 26.4 Å². The lowest BCUT2D eigenvalue weighted by molar-refractivity contribution is -0.138. The highest BCUT2D eigenvalue weighted by molar-refractivity contribution is 5.83. The first-order valence-electron chi connectivity index (χ1n) is 22.0. The van der Waals surface area contributed by atoms with Crippen LogP contribution in [0, 0.1) is 10.8 Å². The van der Waals surface area contributed by atoms with Crippen molar-refractivity contribution in [3.8, 4) is 0 Å². The van der Waals surface area contributed by atoms with Gasteiger partial charge in [-0.2, -0.15) is 0 Å². The summed E-state index contributed by atoms with van der Waals surface area (Å²) in [6.45, 7) is 27.2. The minimum absolute atomic E-state index is 0.233. The molecule has 0 unspecified atom stereocenters. The van der Waals surface area contributed by atoms with Gasteiger partial charge in [-0.3, -0.25) is 0 Å². The van der Waals surface area contributed by atoms with Crippen LogP contribution in [0.5, 0.6) is 0 Å². The fraction of sp³-hybridized carbons (Fsp3) is 0.577. The third kappa shape index (κ3) is 21.9. The van der Waals surface area contributed by atoms with E-state index in [0.29, 0.717) is 26.4 Å². The lowest BCUT2D eigenvalue weighted by Gasteiger charge is -2.33. The molecule has 0 N–H and O–H groups in total. The second kappa shape index (κ2) is 27.1. The molecule has 7 heteroatoms. The Balaban J connectivity index is 1.53. The van der Waals surface area contributed by atoms with E-state index in [1.54, 1.807) is 12.2 Å². The summed E-state index contributed by atoms with van der Waals surface area (Å²) in [5, 5.41) is 0. The van der Waals surface area contributed by atoms with E-state index < -0.39 is 0 Å². The van der Waals surface area contributed by atoms with Crippen molar-refractivity contribution in [1.82, 2.24) is 9.80 Å². The summed E-state index contributed by atoms with van der Waals surface area (Å²) >= 11 is 0. The lowest BCUT2D eigenvalue weighted by Crippen LogP contribution is -2.28. The molecule has 0 atom stereocenters. The molecule has 0 spiro atoms. The average Bonchev–Trinajstić information content (AvgIpc) is 3.14. The van der Waals surface area contributed by atoms with Crippen LogP contribution in [0.3, 0.4) is 0 Å². The number of carbonyl (C=O) groups excluding carboxylic acids is 2. The second-order valence-corrected chi connectivity index (χ2v) is 18.1. The van der Waals surface area contributed by atoms with Gasteiger partial charge in [0.2, 0.25) is 0 Å². The second-order valence-electron chi connectivity index (χ2n) is 18.1. The number of likely N-dealkylation sites (N-methyl/N-ethyl adjacent to an activating group) is 2. The van der Waals surface area contributed by atoms with Gasteiger partial charge in [0.25, 0.3) is 0 Å². The fourth-order valence-corrected chi connectivity index (χ4v) is 7.60. The van der Waals surface area contributed by atoms with Gasteiger partial charge >= 0.3 is 11.9 Å². The molecular weight excluding hydrogens is 733 g/mol. The largest absolute Gasteiger partial charge is 0.462 e. The maximum Gasteiger partial charge on any atom is 0.331 e. The molecule has 0 amide bonds. The van der Waals surface area contributed by atoms with E-state index in [4.69, 9.17) is 14.2 Å². The van der Waals surface area contributed by atoms with Gasteiger partial charge in [0, 0.05) is 38.3 Å². The Morgan fingerprint density at radius 2 is 0.966 bits per heavy atom. The molecular formula is C52H80N2O5. The summed E-state index contributed by atoms with van der Waals surface area (Å²) in [4.78, 5) is 29.0. The number of carbonyl (C=O) groups is 2. The van der Waals surface area contributed by atoms with Crippen LogP contribution in [-0.4, -0.2) is 88.4 Å². The van der Waals surface area contributed by atoms with Crippen molar-refractivity contribution in [3.63, 3.8) is 0 Å². The molecule has 0 radical (unpaired) electrons. The number of hydrogen-bond donors (Lipinski definition) is 0. The minimum atomic E-state index is -0.313. The average molecular weight is 813 g/mol. The topological polar surface area (TPSA) is 68.3 Å². The van der Waals surface area contributed by atoms with Crippen LogP contribution in [0.1, 0.15) is 121 Å². The lowest BCUT2D eigenvalue weighted by atomic mass is 9.72. The zero-order valence-electron chi connectivity index (χ0n) is 39.2. The number of rotatable bonds is 24. The number of hydrogen-bond acceptors (Lipinski definition) is 7. The van der Waals surface area contributed by atoms with E-state index >= 15 is 0 Å². The van der Waals surface area contributed by atoms with Crippen molar-refractivity contribution in [3.05, 3.63) is 117 Å². The Hall–Kier alpha value is -3.78. The molecule has 0 saturated heterocycles. The molecule has 2 aliphatic carbocycles. The van der Waals surface area contributed by atoms with Crippen molar-refractivity contribution in [2.75, 3.05) is 66.7 Å². The molecule has 7 nitrogen and oxygen atoms in total. The predicted molar refractivity (Wildman–Crippen MR) is 249 cm³/mol. The van der Waals surface area contributed by atoms with Gasteiger partial charge in [-0.25, -0.2) is 9.59 Å². The summed E-state index contributed by atoms with van der Waals surface area (Å²) in [6.07, 6.45) is 32.9. The summed E-state index contributed by atoms with van der Waals surface area (Å²) in [5.74, 6) is -0.625. The molecule has 0 fully saturated rings. The van der Waals surface area contributed by atoms with Crippen molar-refractivity contribution in [2.24, 2.45) is 10.8 Å². The Morgan fingerprint density at radius 3 is 1.34 bits per heavy atom. The Morgan fingerprint density at radius 1 is 0.576 bits per heavy atom. The van der Waals surface area contributed by atoms with E-state index in [1.807, 2.05) is 52.2 Å². The predicted octanol–water partition coefficient (Wildman–Crippen LogP) is 11.8. The normalized spacial score (nSPS) is 18.5. The number of allylic oxidation sites excluding steroid dienone is 18. The van der Waals surface area contributed by atoms with E-state index in [-0.39, 0.29) is 22.8 Å². The molecule has 2 aliphatic rings. The third-order valence-electron chi connectivity index (χ3n) is 11.3. The van der Waals surface area contributed by atoms with E-state index in [0.717, 1.165) is 50.2 Å². The van der Waals surface area contributed by atoms with E-state index in [2.05, 4.69) is 102 Å². The van der Waals surface area contributed by atoms with Crippen LogP contribution in [0.4, 0.5) is 0 Å². The molecule has 328 valence electrons. The summed E-state index contributed by atoms with van der Waals surface area (Å²) < 4.78 is 16.7. The molecule has 0 aromatic heterocycles.